The predicted molar refractivity (Wildman–Crippen MR) is 65.8 cm³/mol. The molecule has 0 aromatic heterocycles. The molecular formula is C11H12BrN3O2. The van der Waals surface area contributed by atoms with Crippen molar-refractivity contribution < 1.29 is 9.59 Å². The van der Waals surface area contributed by atoms with Crippen molar-refractivity contribution in [2.75, 3.05) is 0 Å². The zero-order valence-electron chi connectivity index (χ0n) is 9.02. The average molecular weight is 298 g/mol. The summed E-state index contributed by atoms with van der Waals surface area (Å²) >= 11 is 3.36. The third-order valence-electron chi connectivity index (χ3n) is 2.54. The van der Waals surface area contributed by atoms with Crippen LogP contribution in [0.1, 0.15) is 12.0 Å². The standard InChI is InChI=1S/C11H12BrN3O2/c12-8-3-1-2-7(4-8)6-15-9(13)5-10(16)14-11(15)17/h1-4,9H,5-6,13H2,(H,14,16,17). The molecule has 1 atom stereocenters. The number of nitrogens with zero attached hydrogens (tertiary/aromatic N) is 1. The topological polar surface area (TPSA) is 75.4 Å². The molecule has 1 aromatic rings. The Bertz CT molecular complexity index is 464. The molecule has 0 bridgehead atoms. The smallest absolute Gasteiger partial charge is 0.311 e. The maximum atomic E-state index is 11.6. The molecule has 1 unspecified atom stereocenters. The molecule has 1 saturated heterocycles. The minimum absolute atomic E-state index is 0.139. The molecular weight excluding hydrogens is 286 g/mol. The number of hydrogen-bond acceptors (Lipinski definition) is 3. The van der Waals surface area contributed by atoms with E-state index >= 15 is 0 Å². The van der Waals surface area contributed by atoms with Gasteiger partial charge in [0.1, 0.15) is 0 Å². The molecule has 0 aliphatic carbocycles. The highest BCUT2D eigenvalue weighted by atomic mass is 79.9. The van der Waals surface area contributed by atoms with E-state index in [0.29, 0.717) is 6.54 Å². The zero-order valence-corrected chi connectivity index (χ0v) is 10.6. The van der Waals surface area contributed by atoms with Gasteiger partial charge in [0.2, 0.25) is 5.91 Å². The maximum Gasteiger partial charge on any atom is 0.325 e. The molecule has 0 spiro atoms. The van der Waals surface area contributed by atoms with Crippen LogP contribution in [-0.2, 0) is 11.3 Å². The summed E-state index contributed by atoms with van der Waals surface area (Å²) in [5.41, 5.74) is 6.74. The Morgan fingerprint density at radius 3 is 2.88 bits per heavy atom. The van der Waals surface area contributed by atoms with Crippen molar-refractivity contribution >= 4 is 27.9 Å². The van der Waals surface area contributed by atoms with Crippen LogP contribution in [-0.4, -0.2) is 23.0 Å². The van der Waals surface area contributed by atoms with Crippen LogP contribution in [0.5, 0.6) is 0 Å². The molecule has 1 heterocycles. The van der Waals surface area contributed by atoms with Gasteiger partial charge in [0.05, 0.1) is 12.6 Å². The Balaban J connectivity index is 2.12. The summed E-state index contributed by atoms with van der Waals surface area (Å²) in [6, 6.07) is 7.17. The van der Waals surface area contributed by atoms with E-state index in [0.717, 1.165) is 10.0 Å². The van der Waals surface area contributed by atoms with Crippen LogP contribution >= 0.6 is 15.9 Å². The monoisotopic (exact) mass is 297 g/mol. The number of benzene rings is 1. The number of imide groups is 1. The first-order valence-electron chi connectivity index (χ1n) is 5.17. The highest BCUT2D eigenvalue weighted by molar-refractivity contribution is 9.10. The predicted octanol–water partition coefficient (Wildman–Crippen LogP) is 1.18. The molecule has 90 valence electrons. The molecule has 6 heteroatoms. The number of carbonyl (C=O) groups is 2. The summed E-state index contributed by atoms with van der Waals surface area (Å²) in [7, 11) is 0. The molecule has 5 nitrogen and oxygen atoms in total. The second-order valence-electron chi connectivity index (χ2n) is 3.88. The van der Waals surface area contributed by atoms with Gasteiger partial charge in [0, 0.05) is 11.0 Å². The van der Waals surface area contributed by atoms with Crippen molar-refractivity contribution in [1.29, 1.82) is 0 Å². The summed E-state index contributed by atoms with van der Waals surface area (Å²) < 4.78 is 0.942. The lowest BCUT2D eigenvalue weighted by Crippen LogP contribution is -2.57. The van der Waals surface area contributed by atoms with Crippen LogP contribution < -0.4 is 11.1 Å². The Morgan fingerprint density at radius 2 is 2.24 bits per heavy atom. The minimum Gasteiger partial charge on any atom is -0.311 e. The van der Waals surface area contributed by atoms with Gasteiger partial charge in [0.15, 0.2) is 0 Å². The van der Waals surface area contributed by atoms with E-state index in [1.165, 1.54) is 4.90 Å². The first-order chi connectivity index (χ1) is 8.06. The lowest BCUT2D eigenvalue weighted by Gasteiger charge is -2.32. The van der Waals surface area contributed by atoms with Crippen molar-refractivity contribution in [2.24, 2.45) is 5.73 Å². The second-order valence-corrected chi connectivity index (χ2v) is 4.80. The van der Waals surface area contributed by atoms with Gasteiger partial charge in [-0.2, -0.15) is 0 Å². The number of urea groups is 1. The molecule has 0 radical (unpaired) electrons. The molecule has 1 aliphatic rings. The summed E-state index contributed by atoms with van der Waals surface area (Å²) in [6.45, 7) is 0.389. The third-order valence-corrected chi connectivity index (χ3v) is 3.04. The van der Waals surface area contributed by atoms with Crippen molar-refractivity contribution in [1.82, 2.24) is 10.2 Å². The molecule has 1 fully saturated rings. The van der Waals surface area contributed by atoms with Crippen LogP contribution in [0.2, 0.25) is 0 Å². The molecule has 0 saturated carbocycles. The van der Waals surface area contributed by atoms with E-state index in [4.69, 9.17) is 5.73 Å². The van der Waals surface area contributed by atoms with Crippen molar-refractivity contribution in [3.8, 4) is 0 Å². The number of hydrogen-bond donors (Lipinski definition) is 2. The van der Waals surface area contributed by atoms with E-state index in [1.54, 1.807) is 0 Å². The summed E-state index contributed by atoms with van der Waals surface area (Å²) in [4.78, 5) is 24.1. The van der Waals surface area contributed by atoms with Crippen LogP contribution in [0.3, 0.4) is 0 Å². The number of nitrogens with two attached hydrogens (primary N) is 1. The van der Waals surface area contributed by atoms with Gasteiger partial charge >= 0.3 is 6.03 Å². The Morgan fingerprint density at radius 1 is 1.47 bits per heavy atom. The highest BCUT2D eigenvalue weighted by Gasteiger charge is 2.29. The molecule has 3 N–H and O–H groups in total. The van der Waals surface area contributed by atoms with E-state index in [9.17, 15) is 9.59 Å². The quantitative estimate of drug-likeness (QED) is 0.860. The normalized spacial score (nSPS) is 20.4. The lowest BCUT2D eigenvalue weighted by molar-refractivity contribution is -0.122. The third kappa shape index (κ3) is 2.83. The fraction of sp³-hybridized carbons (Fsp3) is 0.273. The fourth-order valence-electron chi connectivity index (χ4n) is 1.71. The van der Waals surface area contributed by atoms with Crippen LogP contribution in [0.4, 0.5) is 4.79 Å². The number of halogens is 1. The van der Waals surface area contributed by atoms with Crippen LogP contribution in [0, 0.1) is 0 Å². The number of rotatable bonds is 2. The number of amides is 3. The first-order valence-corrected chi connectivity index (χ1v) is 5.96. The van der Waals surface area contributed by atoms with Crippen molar-refractivity contribution in [3.63, 3.8) is 0 Å². The SMILES string of the molecule is NC1CC(=O)NC(=O)N1Cc1cccc(Br)c1. The van der Waals surface area contributed by atoms with E-state index < -0.39 is 12.2 Å². The summed E-state index contributed by atoms with van der Waals surface area (Å²) in [5, 5.41) is 2.25. The highest BCUT2D eigenvalue weighted by Crippen LogP contribution is 2.16. The van der Waals surface area contributed by atoms with Gasteiger partial charge in [-0.3, -0.25) is 10.1 Å². The van der Waals surface area contributed by atoms with E-state index in [2.05, 4.69) is 21.2 Å². The summed E-state index contributed by atoms with van der Waals surface area (Å²) in [6.07, 6.45) is -0.421. The average Bonchev–Trinajstić information content (AvgIpc) is 2.23. The van der Waals surface area contributed by atoms with Crippen molar-refractivity contribution in [3.05, 3.63) is 34.3 Å². The van der Waals surface area contributed by atoms with Crippen LogP contribution in [0.15, 0.2) is 28.7 Å². The molecule has 1 aliphatic heterocycles. The van der Waals surface area contributed by atoms with Gasteiger partial charge in [-0.05, 0) is 17.7 Å². The van der Waals surface area contributed by atoms with E-state index in [1.807, 2.05) is 24.3 Å². The van der Waals surface area contributed by atoms with Crippen LogP contribution in [0.25, 0.3) is 0 Å². The largest absolute Gasteiger partial charge is 0.325 e. The lowest BCUT2D eigenvalue weighted by atomic mass is 10.2. The maximum absolute atomic E-state index is 11.6. The Labute approximate surface area is 107 Å². The van der Waals surface area contributed by atoms with E-state index in [-0.39, 0.29) is 12.3 Å². The molecule has 1 aromatic carbocycles. The second kappa shape index (κ2) is 4.85. The fourth-order valence-corrected chi connectivity index (χ4v) is 2.16. The number of carbonyl (C=O) groups excluding carboxylic acids is 2. The van der Waals surface area contributed by atoms with Gasteiger partial charge in [-0.15, -0.1) is 0 Å². The van der Waals surface area contributed by atoms with Gasteiger partial charge in [-0.25, -0.2) is 4.79 Å². The first kappa shape index (κ1) is 12.1. The summed E-state index contributed by atoms with van der Waals surface area (Å²) in [5.74, 6) is -0.326. The number of nitrogens with one attached hydrogen (secondary N) is 1. The van der Waals surface area contributed by atoms with Gasteiger partial charge in [0.25, 0.3) is 0 Å². The zero-order chi connectivity index (χ0) is 12.4. The van der Waals surface area contributed by atoms with Gasteiger partial charge in [-0.1, -0.05) is 28.1 Å². The molecule has 2 rings (SSSR count). The minimum atomic E-state index is -0.560. The van der Waals surface area contributed by atoms with Gasteiger partial charge < -0.3 is 10.6 Å². The molecule has 17 heavy (non-hydrogen) atoms. The Hall–Kier alpha value is -1.40. The Kier molecular flexibility index (Phi) is 3.44. The van der Waals surface area contributed by atoms with Crippen molar-refractivity contribution in [2.45, 2.75) is 19.1 Å². The molecule has 3 amide bonds.